The van der Waals surface area contributed by atoms with Crippen LogP contribution in [0.25, 0.3) is 0 Å². The maximum atomic E-state index is 5.25. The van der Waals surface area contributed by atoms with E-state index in [0.717, 1.165) is 26.4 Å². The summed E-state index contributed by atoms with van der Waals surface area (Å²) in [6.45, 7) is 3.53. The molecule has 0 aromatic rings. The molecule has 4 heteroatoms. The Hall–Kier alpha value is 0.230. The van der Waals surface area contributed by atoms with Crippen LogP contribution in [0, 0.1) is 0 Å². The van der Waals surface area contributed by atoms with Crippen molar-refractivity contribution in [3.05, 3.63) is 0 Å². The van der Waals surface area contributed by atoms with E-state index in [1.54, 1.807) is 0 Å². The van der Waals surface area contributed by atoms with Crippen molar-refractivity contribution in [2.24, 2.45) is 0 Å². The third-order valence-corrected chi connectivity index (χ3v) is 2.50. The highest BCUT2D eigenvalue weighted by molar-refractivity contribution is 7.92. The molecule has 0 aromatic heterocycles. The number of rotatable bonds is 0. The van der Waals surface area contributed by atoms with Crippen LogP contribution in [-0.2, 0) is 8.92 Å². The minimum Gasteiger partial charge on any atom is -0.378 e. The Kier molecular flexibility index (Phi) is 1.63. The molecule has 0 aliphatic carbocycles. The maximum Gasteiger partial charge on any atom is 0.0824 e. The van der Waals surface area contributed by atoms with Crippen LogP contribution in [0.3, 0.4) is 0 Å². The molecule has 0 saturated carbocycles. The molecule has 9 heavy (non-hydrogen) atoms. The van der Waals surface area contributed by atoms with Gasteiger partial charge < -0.3 is 4.74 Å². The zero-order chi connectivity index (χ0) is 6.10. The SMILES string of the molecule is C1CN2SOC[C@H]2CO1. The van der Waals surface area contributed by atoms with Gasteiger partial charge in [-0.3, -0.25) is 4.18 Å². The predicted octanol–water partition coefficient (Wildman–Crippen LogP) is 0.281. The van der Waals surface area contributed by atoms with E-state index >= 15 is 0 Å². The third kappa shape index (κ3) is 1.08. The molecule has 2 heterocycles. The smallest absolute Gasteiger partial charge is 0.0824 e. The van der Waals surface area contributed by atoms with Gasteiger partial charge in [0.2, 0.25) is 0 Å². The van der Waals surface area contributed by atoms with Crippen LogP contribution in [0.4, 0.5) is 0 Å². The summed E-state index contributed by atoms with van der Waals surface area (Å²) < 4.78 is 12.6. The van der Waals surface area contributed by atoms with Gasteiger partial charge in [-0.15, -0.1) is 0 Å². The van der Waals surface area contributed by atoms with E-state index in [2.05, 4.69) is 4.31 Å². The first kappa shape index (κ1) is 5.97. The molecule has 2 aliphatic heterocycles. The van der Waals surface area contributed by atoms with Crippen molar-refractivity contribution in [2.75, 3.05) is 26.4 Å². The maximum absolute atomic E-state index is 5.25. The zero-order valence-electron chi connectivity index (χ0n) is 5.08. The van der Waals surface area contributed by atoms with Gasteiger partial charge in [-0.25, -0.2) is 4.31 Å². The Balaban J connectivity index is 1.97. The molecule has 0 spiro atoms. The number of fused-ring (bicyclic) bond motifs is 1. The van der Waals surface area contributed by atoms with E-state index in [-0.39, 0.29) is 0 Å². The second kappa shape index (κ2) is 2.46. The fourth-order valence-corrected chi connectivity index (χ4v) is 1.79. The average Bonchev–Trinajstić information content (AvgIpc) is 2.33. The van der Waals surface area contributed by atoms with Gasteiger partial charge in [-0.2, -0.15) is 0 Å². The molecule has 0 N–H and O–H groups in total. The summed E-state index contributed by atoms with van der Waals surface area (Å²) in [5.74, 6) is 0. The van der Waals surface area contributed by atoms with Gasteiger partial charge in [-0.05, 0) is 0 Å². The van der Waals surface area contributed by atoms with Crippen molar-refractivity contribution in [1.82, 2.24) is 4.31 Å². The molecule has 1 atom stereocenters. The van der Waals surface area contributed by atoms with Crippen LogP contribution in [0.5, 0.6) is 0 Å². The van der Waals surface area contributed by atoms with E-state index in [4.69, 9.17) is 8.92 Å². The van der Waals surface area contributed by atoms with Crippen LogP contribution >= 0.6 is 12.2 Å². The molecule has 0 aromatic carbocycles. The number of ether oxygens (including phenoxy) is 1. The summed E-state index contributed by atoms with van der Waals surface area (Å²) in [6.07, 6.45) is 0. The first-order valence-electron chi connectivity index (χ1n) is 3.11. The van der Waals surface area contributed by atoms with Gasteiger partial charge in [0.25, 0.3) is 0 Å². The molecule has 2 saturated heterocycles. The summed E-state index contributed by atoms with van der Waals surface area (Å²) in [6, 6.07) is 0.517. The van der Waals surface area contributed by atoms with Crippen molar-refractivity contribution in [1.29, 1.82) is 0 Å². The standard InChI is InChI=1S/C5H9NO2S/c1-2-7-3-5-4-8-9-6(1)5/h5H,1-4H2/t5-/m1/s1. The minimum absolute atomic E-state index is 0.517. The van der Waals surface area contributed by atoms with Crippen LogP contribution < -0.4 is 0 Å². The van der Waals surface area contributed by atoms with Gasteiger partial charge in [0, 0.05) is 6.54 Å². The lowest BCUT2D eigenvalue weighted by molar-refractivity contribution is 0.0393. The van der Waals surface area contributed by atoms with Crippen molar-refractivity contribution in [3.63, 3.8) is 0 Å². The fraction of sp³-hybridized carbons (Fsp3) is 1.00. The third-order valence-electron chi connectivity index (χ3n) is 1.58. The first-order valence-corrected chi connectivity index (χ1v) is 3.80. The van der Waals surface area contributed by atoms with Crippen LogP contribution in [0.2, 0.25) is 0 Å². The molecule has 0 amide bonds. The van der Waals surface area contributed by atoms with E-state index < -0.39 is 0 Å². The van der Waals surface area contributed by atoms with Crippen molar-refractivity contribution in [3.8, 4) is 0 Å². The number of hydrogen-bond acceptors (Lipinski definition) is 4. The summed E-state index contributed by atoms with van der Waals surface area (Å²) in [7, 11) is 0. The number of nitrogens with zero attached hydrogens (tertiary/aromatic N) is 1. The zero-order valence-corrected chi connectivity index (χ0v) is 5.89. The molecule has 0 unspecified atom stereocenters. The predicted molar refractivity (Wildman–Crippen MR) is 34.9 cm³/mol. The molecule has 0 radical (unpaired) electrons. The van der Waals surface area contributed by atoms with Crippen LogP contribution in [0.1, 0.15) is 0 Å². The number of morpholine rings is 1. The van der Waals surface area contributed by atoms with Gasteiger partial charge in [0.1, 0.15) is 0 Å². The Morgan fingerprint density at radius 3 is 3.33 bits per heavy atom. The van der Waals surface area contributed by atoms with Gasteiger partial charge >= 0.3 is 0 Å². The van der Waals surface area contributed by atoms with E-state index in [1.807, 2.05) is 0 Å². The molecule has 2 rings (SSSR count). The fourth-order valence-electron chi connectivity index (χ4n) is 1.05. The second-order valence-electron chi connectivity index (χ2n) is 2.23. The van der Waals surface area contributed by atoms with E-state index in [9.17, 15) is 0 Å². The minimum atomic E-state index is 0.517. The summed E-state index contributed by atoms with van der Waals surface area (Å²) in [5.41, 5.74) is 0. The Bertz CT molecular complexity index is 99.1. The summed E-state index contributed by atoms with van der Waals surface area (Å²) in [5, 5.41) is 0. The Morgan fingerprint density at radius 1 is 1.44 bits per heavy atom. The van der Waals surface area contributed by atoms with Crippen LogP contribution in [0.15, 0.2) is 0 Å². The monoisotopic (exact) mass is 147 g/mol. The summed E-state index contributed by atoms with van der Waals surface area (Å²) in [4.78, 5) is 0. The van der Waals surface area contributed by atoms with Crippen molar-refractivity contribution in [2.45, 2.75) is 6.04 Å². The van der Waals surface area contributed by atoms with Gasteiger partial charge in [-0.1, -0.05) is 0 Å². The van der Waals surface area contributed by atoms with Crippen molar-refractivity contribution < 1.29 is 8.92 Å². The lowest BCUT2D eigenvalue weighted by Gasteiger charge is -2.24. The van der Waals surface area contributed by atoms with Crippen molar-refractivity contribution >= 4 is 12.2 Å². The highest BCUT2D eigenvalue weighted by Crippen LogP contribution is 2.26. The summed E-state index contributed by atoms with van der Waals surface area (Å²) >= 11 is 1.48. The molecule has 52 valence electrons. The Labute approximate surface area is 58.6 Å². The van der Waals surface area contributed by atoms with E-state index in [0.29, 0.717) is 6.04 Å². The lowest BCUT2D eigenvalue weighted by Crippen LogP contribution is -2.38. The topological polar surface area (TPSA) is 21.7 Å². The Morgan fingerprint density at radius 2 is 2.44 bits per heavy atom. The largest absolute Gasteiger partial charge is 0.378 e. The van der Waals surface area contributed by atoms with Gasteiger partial charge in [0.15, 0.2) is 0 Å². The molecular formula is C5H9NO2S. The lowest BCUT2D eigenvalue weighted by atomic mass is 10.3. The second-order valence-corrected chi connectivity index (χ2v) is 3.08. The molecule has 3 nitrogen and oxygen atoms in total. The molecule has 0 bridgehead atoms. The highest BCUT2D eigenvalue weighted by atomic mass is 32.2. The first-order chi connectivity index (χ1) is 4.47. The normalized spacial score (nSPS) is 36.7. The van der Waals surface area contributed by atoms with Crippen LogP contribution in [-0.4, -0.2) is 36.7 Å². The molecule has 2 fully saturated rings. The van der Waals surface area contributed by atoms with E-state index in [1.165, 1.54) is 12.2 Å². The van der Waals surface area contributed by atoms with Gasteiger partial charge in [0.05, 0.1) is 38.1 Å². The average molecular weight is 147 g/mol. The highest BCUT2D eigenvalue weighted by Gasteiger charge is 2.29. The molecule has 2 aliphatic rings. The molecular weight excluding hydrogens is 138 g/mol. The quantitative estimate of drug-likeness (QED) is 0.362. The number of hydrogen-bond donors (Lipinski definition) is 0.